The molecule has 0 aliphatic carbocycles. The fourth-order valence-electron chi connectivity index (χ4n) is 1.44. The van der Waals surface area contributed by atoms with Gasteiger partial charge in [0.05, 0.1) is 5.02 Å². The first-order valence-corrected chi connectivity index (χ1v) is 5.93. The molecule has 0 atom stereocenters. The van der Waals surface area contributed by atoms with Gasteiger partial charge in [0, 0.05) is 22.3 Å². The van der Waals surface area contributed by atoms with Gasteiger partial charge >= 0.3 is 0 Å². The van der Waals surface area contributed by atoms with Crippen molar-refractivity contribution in [2.24, 2.45) is 0 Å². The van der Waals surface area contributed by atoms with Gasteiger partial charge in [0.2, 0.25) is 0 Å². The molecule has 0 bridgehead atoms. The first-order valence-electron chi connectivity index (χ1n) is 5.18. The highest BCUT2D eigenvalue weighted by Gasteiger charge is 2.06. The maximum Gasteiger partial charge on any atom is 0.140 e. The van der Waals surface area contributed by atoms with Crippen molar-refractivity contribution in [1.82, 2.24) is 0 Å². The molecule has 2 aromatic rings. The minimum absolute atomic E-state index is 0.125. The molecule has 0 fully saturated rings. The van der Waals surface area contributed by atoms with Crippen molar-refractivity contribution in [2.75, 3.05) is 5.73 Å². The summed E-state index contributed by atoms with van der Waals surface area (Å²) < 4.78 is 18.5. The van der Waals surface area contributed by atoms with E-state index in [4.69, 9.17) is 33.7 Å². The predicted molar refractivity (Wildman–Crippen MR) is 71.6 cm³/mol. The van der Waals surface area contributed by atoms with Gasteiger partial charge in [0.1, 0.15) is 18.2 Å². The van der Waals surface area contributed by atoms with Crippen molar-refractivity contribution >= 4 is 28.9 Å². The summed E-state index contributed by atoms with van der Waals surface area (Å²) in [4.78, 5) is 0. The molecule has 0 saturated heterocycles. The van der Waals surface area contributed by atoms with Crippen LogP contribution in [0.3, 0.4) is 0 Å². The standard InChI is InChI=1S/C13H10Cl2FNO/c14-11-3-1-9(16)5-8(11)7-18-13-6-10(17)2-4-12(13)15/h1-6H,7,17H2. The quantitative estimate of drug-likeness (QED) is 0.854. The number of ether oxygens (including phenoxy) is 1. The van der Waals surface area contributed by atoms with E-state index in [9.17, 15) is 4.39 Å². The Morgan fingerprint density at radius 1 is 1.06 bits per heavy atom. The Hall–Kier alpha value is -1.45. The summed E-state index contributed by atoms with van der Waals surface area (Å²) in [6, 6.07) is 9.01. The summed E-state index contributed by atoms with van der Waals surface area (Å²) in [7, 11) is 0. The second-order valence-electron chi connectivity index (χ2n) is 3.71. The molecule has 0 unspecified atom stereocenters. The molecule has 0 aliphatic heterocycles. The van der Waals surface area contributed by atoms with Gasteiger partial charge in [-0.15, -0.1) is 0 Å². The van der Waals surface area contributed by atoms with Gasteiger partial charge in [-0.1, -0.05) is 23.2 Å². The lowest BCUT2D eigenvalue weighted by Gasteiger charge is -2.10. The lowest BCUT2D eigenvalue weighted by atomic mass is 10.2. The number of halogens is 3. The van der Waals surface area contributed by atoms with E-state index in [2.05, 4.69) is 0 Å². The molecule has 0 aliphatic rings. The van der Waals surface area contributed by atoms with Crippen LogP contribution in [0.1, 0.15) is 5.56 Å². The molecule has 0 heterocycles. The van der Waals surface area contributed by atoms with Gasteiger partial charge < -0.3 is 10.5 Å². The van der Waals surface area contributed by atoms with E-state index in [0.29, 0.717) is 27.0 Å². The Bertz CT molecular complexity index is 523. The molecule has 0 amide bonds. The third kappa shape index (κ3) is 3.06. The highest BCUT2D eigenvalue weighted by atomic mass is 35.5. The average Bonchev–Trinajstić information content (AvgIpc) is 2.34. The lowest BCUT2D eigenvalue weighted by Crippen LogP contribution is -1.98. The van der Waals surface area contributed by atoms with Crippen molar-refractivity contribution < 1.29 is 9.13 Å². The molecule has 2 aromatic carbocycles. The fourth-order valence-corrected chi connectivity index (χ4v) is 1.78. The monoisotopic (exact) mass is 285 g/mol. The Morgan fingerprint density at radius 3 is 2.56 bits per heavy atom. The summed E-state index contributed by atoms with van der Waals surface area (Å²) in [6.45, 7) is 0.125. The maximum atomic E-state index is 13.1. The second kappa shape index (κ2) is 5.46. The summed E-state index contributed by atoms with van der Waals surface area (Å²) >= 11 is 11.9. The summed E-state index contributed by atoms with van der Waals surface area (Å²) in [6.07, 6.45) is 0. The van der Waals surface area contributed by atoms with E-state index in [1.807, 2.05) is 0 Å². The zero-order valence-electron chi connectivity index (χ0n) is 9.29. The SMILES string of the molecule is Nc1ccc(Cl)c(OCc2cc(F)ccc2Cl)c1. The highest BCUT2D eigenvalue weighted by Crippen LogP contribution is 2.28. The topological polar surface area (TPSA) is 35.2 Å². The van der Waals surface area contributed by atoms with Gasteiger partial charge in [-0.2, -0.15) is 0 Å². The van der Waals surface area contributed by atoms with E-state index < -0.39 is 0 Å². The molecule has 94 valence electrons. The van der Waals surface area contributed by atoms with Gasteiger partial charge in [0.15, 0.2) is 0 Å². The van der Waals surface area contributed by atoms with Crippen molar-refractivity contribution in [3.63, 3.8) is 0 Å². The molecule has 0 radical (unpaired) electrons. The van der Waals surface area contributed by atoms with Crippen LogP contribution in [-0.4, -0.2) is 0 Å². The number of hydrogen-bond acceptors (Lipinski definition) is 2. The Kier molecular flexibility index (Phi) is 3.94. The third-order valence-corrected chi connectivity index (χ3v) is 3.03. The van der Waals surface area contributed by atoms with Crippen LogP contribution in [0.5, 0.6) is 5.75 Å². The van der Waals surface area contributed by atoms with Gasteiger partial charge in [0.25, 0.3) is 0 Å². The van der Waals surface area contributed by atoms with E-state index in [-0.39, 0.29) is 12.4 Å². The number of anilines is 1. The minimum atomic E-state index is -0.364. The van der Waals surface area contributed by atoms with E-state index in [0.717, 1.165) is 0 Å². The number of nitrogens with two attached hydrogens (primary N) is 1. The number of rotatable bonds is 3. The Labute approximate surface area is 114 Å². The summed E-state index contributed by atoms with van der Waals surface area (Å²) in [5.74, 6) is 0.0775. The van der Waals surface area contributed by atoms with Crippen LogP contribution < -0.4 is 10.5 Å². The number of nitrogen functional groups attached to an aromatic ring is 1. The number of benzene rings is 2. The largest absolute Gasteiger partial charge is 0.487 e. The Balaban J connectivity index is 2.16. The second-order valence-corrected chi connectivity index (χ2v) is 4.53. The molecular formula is C13H10Cl2FNO. The normalized spacial score (nSPS) is 10.4. The fraction of sp³-hybridized carbons (Fsp3) is 0.0769. The summed E-state index contributed by atoms with van der Waals surface area (Å²) in [5.41, 5.74) is 6.72. The zero-order chi connectivity index (χ0) is 13.1. The molecule has 18 heavy (non-hydrogen) atoms. The van der Waals surface area contributed by atoms with Crippen LogP contribution in [0.4, 0.5) is 10.1 Å². The van der Waals surface area contributed by atoms with Crippen molar-refractivity contribution in [3.8, 4) is 5.75 Å². The van der Waals surface area contributed by atoms with Crippen LogP contribution in [0.25, 0.3) is 0 Å². The first kappa shape index (κ1) is 13.0. The molecule has 2 nitrogen and oxygen atoms in total. The zero-order valence-corrected chi connectivity index (χ0v) is 10.8. The van der Waals surface area contributed by atoms with Crippen LogP contribution in [0.15, 0.2) is 36.4 Å². The van der Waals surface area contributed by atoms with Crippen molar-refractivity contribution in [1.29, 1.82) is 0 Å². The van der Waals surface area contributed by atoms with Crippen LogP contribution >= 0.6 is 23.2 Å². The molecular weight excluding hydrogens is 276 g/mol. The van der Waals surface area contributed by atoms with E-state index >= 15 is 0 Å². The third-order valence-electron chi connectivity index (χ3n) is 2.35. The average molecular weight is 286 g/mol. The van der Waals surface area contributed by atoms with Gasteiger partial charge in [-0.3, -0.25) is 0 Å². The van der Waals surface area contributed by atoms with Crippen LogP contribution in [0.2, 0.25) is 10.0 Å². The molecule has 0 aromatic heterocycles. The van der Waals surface area contributed by atoms with Crippen molar-refractivity contribution in [2.45, 2.75) is 6.61 Å². The van der Waals surface area contributed by atoms with Crippen molar-refractivity contribution in [3.05, 3.63) is 57.8 Å². The van der Waals surface area contributed by atoms with E-state index in [1.165, 1.54) is 18.2 Å². The molecule has 5 heteroatoms. The smallest absolute Gasteiger partial charge is 0.140 e. The molecule has 2 N–H and O–H groups in total. The summed E-state index contributed by atoms with van der Waals surface area (Å²) in [5, 5.41) is 0.883. The Morgan fingerprint density at radius 2 is 1.78 bits per heavy atom. The highest BCUT2D eigenvalue weighted by molar-refractivity contribution is 6.32. The van der Waals surface area contributed by atoms with Gasteiger partial charge in [-0.25, -0.2) is 4.39 Å². The maximum absolute atomic E-state index is 13.1. The molecule has 0 spiro atoms. The van der Waals surface area contributed by atoms with Gasteiger partial charge in [-0.05, 0) is 30.3 Å². The number of hydrogen-bond donors (Lipinski definition) is 1. The first-order chi connectivity index (χ1) is 8.56. The lowest BCUT2D eigenvalue weighted by molar-refractivity contribution is 0.306. The molecule has 0 saturated carbocycles. The van der Waals surface area contributed by atoms with Crippen LogP contribution in [0, 0.1) is 5.82 Å². The van der Waals surface area contributed by atoms with E-state index in [1.54, 1.807) is 18.2 Å². The molecule has 2 rings (SSSR count). The predicted octanol–water partition coefficient (Wildman–Crippen LogP) is 4.29. The van der Waals surface area contributed by atoms with Crippen LogP contribution in [-0.2, 0) is 6.61 Å². The minimum Gasteiger partial charge on any atom is -0.487 e.